The molecule has 1 amide bonds. The zero-order chi connectivity index (χ0) is 13.4. The van der Waals surface area contributed by atoms with Crippen LogP contribution in [0.3, 0.4) is 0 Å². The number of hydrogen-bond acceptors (Lipinski definition) is 5. The summed E-state index contributed by atoms with van der Waals surface area (Å²) in [5.74, 6) is -0.341. The maximum absolute atomic E-state index is 11.6. The van der Waals surface area contributed by atoms with Crippen molar-refractivity contribution < 1.29 is 14.7 Å². The largest absolute Gasteiger partial charge is 0.409 e. The van der Waals surface area contributed by atoms with Crippen molar-refractivity contribution in [2.24, 2.45) is 10.9 Å². The zero-order valence-corrected chi connectivity index (χ0v) is 10.1. The fourth-order valence-corrected chi connectivity index (χ4v) is 1.21. The van der Waals surface area contributed by atoms with Crippen LogP contribution in [-0.2, 0) is 4.74 Å². The van der Waals surface area contributed by atoms with Gasteiger partial charge in [0.15, 0.2) is 5.84 Å². The molecule has 1 heterocycles. The van der Waals surface area contributed by atoms with Crippen LogP contribution in [0.2, 0.25) is 0 Å². The molecule has 0 aliphatic rings. The van der Waals surface area contributed by atoms with Crippen molar-refractivity contribution in [1.29, 1.82) is 0 Å². The molecule has 18 heavy (non-hydrogen) atoms. The van der Waals surface area contributed by atoms with Gasteiger partial charge in [-0.25, -0.2) is 0 Å². The second-order valence-electron chi connectivity index (χ2n) is 3.37. The number of nitrogens with one attached hydrogen (secondary N) is 1. The number of amides is 1. The highest BCUT2D eigenvalue weighted by atomic mass is 16.5. The van der Waals surface area contributed by atoms with Gasteiger partial charge in [0.25, 0.3) is 5.91 Å². The van der Waals surface area contributed by atoms with Gasteiger partial charge in [0.1, 0.15) is 5.69 Å². The molecule has 0 saturated heterocycles. The summed E-state index contributed by atoms with van der Waals surface area (Å²) in [6.07, 6.45) is 1.37. The van der Waals surface area contributed by atoms with Crippen LogP contribution in [0.15, 0.2) is 23.5 Å². The predicted octanol–water partition coefficient (Wildman–Crippen LogP) is -0.0576. The summed E-state index contributed by atoms with van der Waals surface area (Å²) < 4.78 is 5.09. The summed E-state index contributed by atoms with van der Waals surface area (Å²) >= 11 is 0. The van der Waals surface area contributed by atoms with E-state index >= 15 is 0 Å². The first-order chi connectivity index (χ1) is 8.69. The van der Waals surface area contributed by atoms with Crippen molar-refractivity contribution in [1.82, 2.24) is 10.3 Å². The summed E-state index contributed by atoms with van der Waals surface area (Å²) in [6.45, 7) is 3.39. The van der Waals surface area contributed by atoms with Crippen LogP contribution < -0.4 is 11.1 Å². The van der Waals surface area contributed by atoms with E-state index in [1.165, 1.54) is 12.3 Å². The van der Waals surface area contributed by atoms with Crippen LogP contribution in [0, 0.1) is 0 Å². The number of amidine groups is 1. The quantitative estimate of drug-likeness (QED) is 0.216. The van der Waals surface area contributed by atoms with Gasteiger partial charge in [-0.3, -0.25) is 9.78 Å². The average Bonchev–Trinajstić information content (AvgIpc) is 2.42. The van der Waals surface area contributed by atoms with E-state index in [0.29, 0.717) is 25.3 Å². The maximum Gasteiger partial charge on any atom is 0.269 e. The number of ether oxygens (including phenoxy) is 1. The van der Waals surface area contributed by atoms with E-state index in [-0.39, 0.29) is 17.4 Å². The predicted molar refractivity (Wildman–Crippen MR) is 65.6 cm³/mol. The van der Waals surface area contributed by atoms with Crippen molar-refractivity contribution in [2.75, 3.05) is 19.8 Å². The van der Waals surface area contributed by atoms with Gasteiger partial charge in [-0.15, -0.1) is 0 Å². The van der Waals surface area contributed by atoms with Crippen LogP contribution in [0.4, 0.5) is 0 Å². The minimum absolute atomic E-state index is 0.0502. The first kappa shape index (κ1) is 13.9. The molecule has 1 aromatic rings. The van der Waals surface area contributed by atoms with Crippen molar-refractivity contribution in [3.8, 4) is 0 Å². The molecule has 0 radical (unpaired) electrons. The third kappa shape index (κ3) is 4.02. The molecule has 1 aromatic heterocycles. The van der Waals surface area contributed by atoms with Gasteiger partial charge in [-0.2, -0.15) is 0 Å². The Morgan fingerprint density at radius 1 is 1.61 bits per heavy atom. The van der Waals surface area contributed by atoms with Crippen molar-refractivity contribution in [2.45, 2.75) is 6.92 Å². The summed E-state index contributed by atoms with van der Waals surface area (Å²) in [5.41, 5.74) is 6.09. The molecule has 0 spiro atoms. The Balaban J connectivity index is 2.54. The highest BCUT2D eigenvalue weighted by Gasteiger charge is 2.07. The van der Waals surface area contributed by atoms with E-state index in [0.717, 1.165) is 0 Å². The van der Waals surface area contributed by atoms with E-state index in [2.05, 4.69) is 15.5 Å². The van der Waals surface area contributed by atoms with Gasteiger partial charge >= 0.3 is 0 Å². The Morgan fingerprint density at radius 3 is 2.94 bits per heavy atom. The average molecular weight is 252 g/mol. The van der Waals surface area contributed by atoms with Gasteiger partial charge in [0.05, 0.1) is 6.61 Å². The van der Waals surface area contributed by atoms with Crippen molar-refractivity contribution in [3.05, 3.63) is 29.6 Å². The number of pyridine rings is 1. The lowest BCUT2D eigenvalue weighted by atomic mass is 10.2. The monoisotopic (exact) mass is 252 g/mol. The standard InChI is InChI=1S/C11H16N4O3/c1-2-18-6-5-13-11(16)9-4-3-8(7-14-9)10(12)15-17/h3-4,7,17H,2,5-6H2,1H3,(H2,12,15)(H,13,16). The van der Waals surface area contributed by atoms with Crippen LogP contribution >= 0.6 is 0 Å². The fraction of sp³-hybridized carbons (Fsp3) is 0.364. The maximum atomic E-state index is 11.6. The zero-order valence-electron chi connectivity index (χ0n) is 10.1. The third-order valence-corrected chi connectivity index (χ3v) is 2.14. The lowest BCUT2D eigenvalue weighted by Crippen LogP contribution is -2.28. The normalized spacial score (nSPS) is 11.3. The molecule has 0 aliphatic heterocycles. The van der Waals surface area contributed by atoms with Gasteiger partial charge < -0.3 is 21.0 Å². The van der Waals surface area contributed by atoms with E-state index in [9.17, 15) is 4.79 Å². The molecule has 98 valence electrons. The number of carbonyl (C=O) groups is 1. The van der Waals surface area contributed by atoms with Gasteiger partial charge in [0, 0.05) is 24.9 Å². The second kappa shape index (κ2) is 7.23. The minimum Gasteiger partial charge on any atom is -0.409 e. The van der Waals surface area contributed by atoms with E-state index in [1.807, 2.05) is 6.92 Å². The Morgan fingerprint density at radius 2 is 2.39 bits per heavy atom. The molecular formula is C11H16N4O3. The second-order valence-corrected chi connectivity index (χ2v) is 3.37. The van der Waals surface area contributed by atoms with Crippen LogP contribution in [-0.4, -0.2) is 41.7 Å². The molecule has 7 heteroatoms. The summed E-state index contributed by atoms with van der Waals surface area (Å²) in [5, 5.41) is 14.0. The van der Waals surface area contributed by atoms with Gasteiger partial charge in [0.2, 0.25) is 0 Å². The first-order valence-corrected chi connectivity index (χ1v) is 5.49. The molecule has 7 nitrogen and oxygen atoms in total. The number of nitrogens with zero attached hydrogens (tertiary/aromatic N) is 2. The molecule has 0 aromatic carbocycles. The third-order valence-electron chi connectivity index (χ3n) is 2.14. The number of nitrogens with two attached hydrogens (primary N) is 1. The van der Waals surface area contributed by atoms with Crippen molar-refractivity contribution in [3.63, 3.8) is 0 Å². The molecule has 0 saturated carbocycles. The summed E-state index contributed by atoms with van der Waals surface area (Å²) in [6, 6.07) is 3.06. The summed E-state index contributed by atoms with van der Waals surface area (Å²) in [7, 11) is 0. The van der Waals surface area contributed by atoms with Crippen LogP contribution in [0.1, 0.15) is 23.0 Å². The molecule has 0 bridgehead atoms. The Bertz CT molecular complexity index is 417. The van der Waals surface area contributed by atoms with E-state index in [4.69, 9.17) is 15.7 Å². The number of hydrogen-bond donors (Lipinski definition) is 3. The van der Waals surface area contributed by atoms with Gasteiger partial charge in [-0.05, 0) is 19.1 Å². The number of carbonyl (C=O) groups excluding carboxylic acids is 1. The first-order valence-electron chi connectivity index (χ1n) is 5.49. The summed E-state index contributed by atoms with van der Waals surface area (Å²) in [4.78, 5) is 15.5. The smallest absolute Gasteiger partial charge is 0.269 e. The molecule has 0 aliphatic carbocycles. The highest BCUT2D eigenvalue weighted by molar-refractivity contribution is 5.98. The molecule has 0 atom stereocenters. The molecular weight excluding hydrogens is 236 g/mol. The highest BCUT2D eigenvalue weighted by Crippen LogP contribution is 2.00. The minimum atomic E-state index is -0.291. The lowest BCUT2D eigenvalue weighted by molar-refractivity contribution is 0.0918. The van der Waals surface area contributed by atoms with Crippen molar-refractivity contribution >= 4 is 11.7 Å². The number of aromatic nitrogens is 1. The Kier molecular flexibility index (Phi) is 5.59. The Hall–Kier alpha value is -2.15. The molecule has 0 unspecified atom stereocenters. The lowest BCUT2D eigenvalue weighted by Gasteiger charge is -2.05. The molecule has 4 N–H and O–H groups in total. The SMILES string of the molecule is CCOCCNC(=O)c1ccc(C(N)=NO)cn1. The topological polar surface area (TPSA) is 110 Å². The van der Waals surface area contributed by atoms with E-state index in [1.54, 1.807) is 6.07 Å². The van der Waals surface area contributed by atoms with E-state index < -0.39 is 0 Å². The van der Waals surface area contributed by atoms with Gasteiger partial charge in [-0.1, -0.05) is 5.16 Å². The molecule has 1 rings (SSSR count). The Labute approximate surface area is 105 Å². The van der Waals surface area contributed by atoms with Crippen LogP contribution in [0.5, 0.6) is 0 Å². The molecule has 0 fully saturated rings. The van der Waals surface area contributed by atoms with Crippen LogP contribution in [0.25, 0.3) is 0 Å². The number of rotatable bonds is 6. The number of oxime groups is 1. The fourth-order valence-electron chi connectivity index (χ4n) is 1.21.